The first-order valence-electron chi connectivity index (χ1n) is 9.11. The average Bonchev–Trinajstić information content (AvgIpc) is 3.00. The van der Waals surface area contributed by atoms with E-state index in [-0.39, 0.29) is 11.9 Å². The third kappa shape index (κ3) is 3.28. The third-order valence-electron chi connectivity index (χ3n) is 4.97. The molecule has 27 heavy (non-hydrogen) atoms. The summed E-state index contributed by atoms with van der Waals surface area (Å²) in [6, 6.07) is 16.1. The van der Waals surface area contributed by atoms with Crippen LogP contribution in [0.1, 0.15) is 34.1 Å². The first kappa shape index (κ1) is 17.2. The average molecular weight is 358 g/mol. The zero-order valence-electron chi connectivity index (χ0n) is 15.7. The predicted molar refractivity (Wildman–Crippen MR) is 108 cm³/mol. The van der Waals surface area contributed by atoms with E-state index in [1.54, 1.807) is 6.07 Å². The quantitative estimate of drug-likeness (QED) is 0.752. The van der Waals surface area contributed by atoms with Gasteiger partial charge in [-0.15, -0.1) is 0 Å². The lowest BCUT2D eigenvalue weighted by Crippen LogP contribution is -2.36. The number of hydrogen-bond donors (Lipinski definition) is 1. The number of fused-ring (bicyclic) bond motifs is 1. The zero-order chi connectivity index (χ0) is 19.0. The van der Waals surface area contributed by atoms with E-state index in [1.807, 2.05) is 36.9 Å². The summed E-state index contributed by atoms with van der Waals surface area (Å²) in [7, 11) is 0. The highest BCUT2D eigenvalue weighted by Gasteiger charge is 2.32. The van der Waals surface area contributed by atoms with Crippen molar-refractivity contribution in [1.29, 1.82) is 0 Å². The largest absolute Gasteiger partial charge is 0.340 e. The molecule has 1 amide bonds. The smallest absolute Gasteiger partial charge is 0.277 e. The summed E-state index contributed by atoms with van der Waals surface area (Å²) in [6.45, 7) is 6.15. The molecule has 0 saturated carbocycles. The van der Waals surface area contributed by atoms with Gasteiger partial charge in [-0.1, -0.05) is 30.3 Å². The van der Waals surface area contributed by atoms with Crippen LogP contribution in [0.4, 0.5) is 17.2 Å². The molecule has 4 rings (SSSR count). The number of nitrogens with zero attached hydrogens (tertiary/aromatic N) is 3. The maximum atomic E-state index is 13.2. The molecule has 3 aromatic rings. The molecular weight excluding hydrogens is 336 g/mol. The Kier molecular flexibility index (Phi) is 4.36. The lowest BCUT2D eigenvalue weighted by Gasteiger charge is -2.22. The van der Waals surface area contributed by atoms with Gasteiger partial charge in [-0.25, -0.2) is 9.97 Å². The molecule has 136 valence electrons. The van der Waals surface area contributed by atoms with Gasteiger partial charge in [-0.3, -0.25) is 4.79 Å². The van der Waals surface area contributed by atoms with E-state index >= 15 is 0 Å². The van der Waals surface area contributed by atoms with Gasteiger partial charge < -0.3 is 10.2 Å². The van der Waals surface area contributed by atoms with E-state index < -0.39 is 0 Å². The highest BCUT2D eigenvalue weighted by atomic mass is 16.2. The number of amides is 1. The van der Waals surface area contributed by atoms with Crippen molar-refractivity contribution < 1.29 is 4.79 Å². The van der Waals surface area contributed by atoms with Crippen LogP contribution in [0, 0.1) is 13.8 Å². The fourth-order valence-electron chi connectivity index (χ4n) is 3.55. The van der Waals surface area contributed by atoms with Crippen LogP contribution in [-0.2, 0) is 6.42 Å². The highest BCUT2D eigenvalue weighted by Crippen LogP contribution is 2.33. The Morgan fingerprint density at radius 3 is 2.78 bits per heavy atom. The number of benzene rings is 2. The molecule has 1 aliphatic rings. The van der Waals surface area contributed by atoms with Crippen LogP contribution >= 0.6 is 0 Å². The second-order valence-corrected chi connectivity index (χ2v) is 7.09. The fraction of sp³-hybridized carbons (Fsp3) is 0.227. The number of aromatic nitrogens is 2. The van der Waals surface area contributed by atoms with Gasteiger partial charge in [0, 0.05) is 23.5 Å². The standard InChI is InChI=1S/C22H22N4O/c1-14-8-9-15(2)18(10-14)25-21-12-19(23-13-24-21)22(27)26-16(3)11-17-6-4-5-7-20(17)26/h4-10,12-13,16H,11H2,1-3H3,(H,23,24,25). The molecule has 1 aliphatic heterocycles. The minimum Gasteiger partial charge on any atom is -0.340 e. The monoisotopic (exact) mass is 358 g/mol. The second kappa shape index (κ2) is 6.83. The number of anilines is 3. The molecule has 5 heteroatoms. The molecule has 5 nitrogen and oxygen atoms in total. The molecule has 0 bridgehead atoms. The summed E-state index contributed by atoms with van der Waals surface area (Å²) >= 11 is 0. The fourth-order valence-corrected chi connectivity index (χ4v) is 3.55. The molecule has 1 aromatic heterocycles. The summed E-state index contributed by atoms with van der Waals surface area (Å²) in [5.41, 5.74) is 5.82. The molecule has 0 saturated heterocycles. The number of carbonyl (C=O) groups is 1. The van der Waals surface area contributed by atoms with Crippen LogP contribution in [0.2, 0.25) is 0 Å². The van der Waals surface area contributed by atoms with Gasteiger partial charge in [0.25, 0.3) is 5.91 Å². The van der Waals surface area contributed by atoms with Crippen LogP contribution in [0.25, 0.3) is 0 Å². The molecular formula is C22H22N4O. The normalized spacial score (nSPS) is 15.5. The number of carbonyl (C=O) groups excluding carboxylic acids is 1. The van der Waals surface area contributed by atoms with Crippen molar-refractivity contribution in [3.63, 3.8) is 0 Å². The Hall–Kier alpha value is -3.21. The van der Waals surface area contributed by atoms with Gasteiger partial charge in [-0.05, 0) is 56.0 Å². The maximum absolute atomic E-state index is 13.2. The topological polar surface area (TPSA) is 58.1 Å². The Labute approximate surface area is 159 Å². The van der Waals surface area contributed by atoms with E-state index in [9.17, 15) is 4.79 Å². The van der Waals surface area contributed by atoms with Gasteiger partial charge >= 0.3 is 0 Å². The van der Waals surface area contributed by atoms with Gasteiger partial charge in [0.15, 0.2) is 0 Å². The summed E-state index contributed by atoms with van der Waals surface area (Å²) in [4.78, 5) is 23.5. The Morgan fingerprint density at radius 1 is 1.11 bits per heavy atom. The summed E-state index contributed by atoms with van der Waals surface area (Å²) < 4.78 is 0. The maximum Gasteiger partial charge on any atom is 0.277 e. The van der Waals surface area contributed by atoms with E-state index in [0.29, 0.717) is 11.5 Å². The molecule has 0 radical (unpaired) electrons. The number of rotatable bonds is 3. The van der Waals surface area contributed by atoms with E-state index in [1.165, 1.54) is 11.9 Å². The number of nitrogens with one attached hydrogen (secondary N) is 1. The minimum absolute atomic E-state index is 0.0983. The van der Waals surface area contributed by atoms with Gasteiger partial charge in [0.1, 0.15) is 17.8 Å². The first-order valence-corrected chi connectivity index (χ1v) is 9.11. The van der Waals surface area contributed by atoms with Gasteiger partial charge in [0.2, 0.25) is 0 Å². The van der Waals surface area contributed by atoms with Crippen LogP contribution in [0.15, 0.2) is 54.9 Å². The van der Waals surface area contributed by atoms with Crippen molar-refractivity contribution in [3.05, 3.63) is 77.2 Å². The number of aryl methyl sites for hydroxylation is 2. The molecule has 2 aromatic carbocycles. The lowest BCUT2D eigenvalue weighted by atomic mass is 10.1. The molecule has 0 spiro atoms. The minimum atomic E-state index is -0.0983. The van der Waals surface area contributed by atoms with E-state index in [4.69, 9.17) is 0 Å². The zero-order valence-corrected chi connectivity index (χ0v) is 15.7. The summed E-state index contributed by atoms with van der Waals surface area (Å²) in [6.07, 6.45) is 2.30. The highest BCUT2D eigenvalue weighted by molar-refractivity contribution is 6.06. The molecule has 0 fully saturated rings. The van der Waals surface area contributed by atoms with Crippen molar-refractivity contribution >= 4 is 23.1 Å². The number of para-hydroxylation sites is 1. The van der Waals surface area contributed by atoms with Crippen LogP contribution < -0.4 is 10.2 Å². The Bertz CT molecular complexity index is 1010. The van der Waals surface area contributed by atoms with Crippen molar-refractivity contribution in [2.24, 2.45) is 0 Å². The molecule has 1 atom stereocenters. The van der Waals surface area contributed by atoms with Crippen molar-refractivity contribution in [3.8, 4) is 0 Å². The number of hydrogen-bond acceptors (Lipinski definition) is 4. The van der Waals surface area contributed by atoms with Crippen LogP contribution in [-0.4, -0.2) is 21.9 Å². The summed E-state index contributed by atoms with van der Waals surface area (Å²) in [5.74, 6) is 0.515. The first-order chi connectivity index (χ1) is 13.0. The van der Waals surface area contributed by atoms with Crippen LogP contribution in [0.3, 0.4) is 0 Å². The predicted octanol–water partition coefficient (Wildman–Crippen LogP) is 4.43. The van der Waals surface area contributed by atoms with Crippen molar-refractivity contribution in [2.45, 2.75) is 33.2 Å². The molecule has 0 aliphatic carbocycles. The lowest BCUT2D eigenvalue weighted by molar-refractivity contribution is 0.0976. The van der Waals surface area contributed by atoms with E-state index in [2.05, 4.69) is 46.5 Å². The summed E-state index contributed by atoms with van der Waals surface area (Å²) in [5, 5.41) is 3.31. The van der Waals surface area contributed by atoms with Gasteiger partial charge in [0.05, 0.1) is 0 Å². The van der Waals surface area contributed by atoms with Crippen molar-refractivity contribution in [2.75, 3.05) is 10.2 Å². The second-order valence-electron chi connectivity index (χ2n) is 7.09. The van der Waals surface area contributed by atoms with Gasteiger partial charge in [-0.2, -0.15) is 0 Å². The molecule has 1 unspecified atom stereocenters. The third-order valence-corrected chi connectivity index (χ3v) is 4.97. The van der Waals surface area contributed by atoms with Crippen LogP contribution in [0.5, 0.6) is 0 Å². The Balaban J connectivity index is 1.63. The Morgan fingerprint density at radius 2 is 1.93 bits per heavy atom. The van der Waals surface area contributed by atoms with E-state index in [0.717, 1.165) is 28.9 Å². The molecule has 1 N–H and O–H groups in total. The SMILES string of the molecule is Cc1ccc(C)c(Nc2cc(C(=O)N3c4ccccc4CC3C)ncn2)c1. The molecule has 2 heterocycles. The van der Waals surface area contributed by atoms with Crippen molar-refractivity contribution in [1.82, 2.24) is 9.97 Å².